The smallest absolute Gasteiger partial charge is 0.350 e. The van der Waals surface area contributed by atoms with E-state index in [-0.39, 0.29) is 19.0 Å². The molecule has 32 heavy (non-hydrogen) atoms. The van der Waals surface area contributed by atoms with Crippen LogP contribution in [0.3, 0.4) is 0 Å². The molecule has 2 atom stereocenters. The molecule has 0 amide bonds. The van der Waals surface area contributed by atoms with E-state index in [1.807, 2.05) is 0 Å². The lowest BCUT2D eigenvalue weighted by Crippen LogP contribution is -2.35. The first kappa shape index (κ1) is 23.7. The van der Waals surface area contributed by atoms with Crippen molar-refractivity contribution in [2.45, 2.75) is 64.8 Å². The molecule has 1 aromatic carbocycles. The molecule has 2 aromatic rings. The summed E-state index contributed by atoms with van der Waals surface area (Å²) in [4.78, 5) is 12.8. The largest absolute Gasteiger partial charge is 0.451 e. The van der Waals surface area contributed by atoms with Crippen molar-refractivity contribution in [1.82, 2.24) is 14.3 Å². The van der Waals surface area contributed by atoms with E-state index in [0.29, 0.717) is 30.7 Å². The monoisotopic (exact) mass is 458 g/mol. The highest BCUT2D eigenvalue weighted by Gasteiger charge is 2.38. The summed E-state index contributed by atoms with van der Waals surface area (Å²) in [6.07, 6.45) is -1.42. The van der Waals surface area contributed by atoms with E-state index in [9.17, 15) is 22.4 Å². The predicted octanol–water partition coefficient (Wildman–Crippen LogP) is 3.44. The van der Waals surface area contributed by atoms with Crippen LogP contribution < -0.4 is 10.4 Å². The lowest BCUT2D eigenvalue weighted by atomic mass is 10.2. The molecule has 1 aliphatic rings. The van der Waals surface area contributed by atoms with E-state index >= 15 is 0 Å². The average Bonchev–Trinajstić information content (AvgIpc) is 3.08. The van der Waals surface area contributed by atoms with Crippen LogP contribution in [0, 0.1) is 17.1 Å². The minimum atomic E-state index is -3.53. The zero-order chi connectivity index (χ0) is 23.5. The maximum Gasteiger partial charge on any atom is 0.350 e. The Morgan fingerprint density at radius 3 is 2.75 bits per heavy atom. The van der Waals surface area contributed by atoms with Gasteiger partial charge in [-0.1, -0.05) is 0 Å². The highest BCUT2D eigenvalue weighted by atomic mass is 19.3. The number of alkyl halides is 3. The zero-order valence-electron chi connectivity index (χ0n) is 17.5. The Morgan fingerprint density at radius 2 is 2.16 bits per heavy atom. The number of hydrogen-bond acceptors (Lipinski definition) is 6. The SMILES string of the molecule is CCn1c(COC2CCCCO2)nn(-c2cc(OC(C)(F)C(F)F)c(C#N)cc2F)c1=O. The maximum absolute atomic E-state index is 14.7. The fourth-order valence-electron chi connectivity index (χ4n) is 3.16. The van der Waals surface area contributed by atoms with Crippen LogP contribution >= 0.6 is 0 Å². The molecule has 0 radical (unpaired) electrons. The molecule has 1 fully saturated rings. The number of halogens is 4. The molecule has 12 heteroatoms. The molecule has 1 aliphatic heterocycles. The molecule has 1 saturated heterocycles. The summed E-state index contributed by atoms with van der Waals surface area (Å²) < 4.78 is 72.2. The van der Waals surface area contributed by atoms with Crippen molar-refractivity contribution in [1.29, 1.82) is 5.26 Å². The van der Waals surface area contributed by atoms with Crippen LogP contribution in [0.4, 0.5) is 17.6 Å². The third-order valence-electron chi connectivity index (χ3n) is 4.89. The number of ether oxygens (including phenoxy) is 3. The van der Waals surface area contributed by atoms with Crippen LogP contribution in [0.2, 0.25) is 0 Å². The molecule has 2 heterocycles. The molecule has 0 bridgehead atoms. The van der Waals surface area contributed by atoms with Crippen LogP contribution in [0.5, 0.6) is 5.75 Å². The summed E-state index contributed by atoms with van der Waals surface area (Å²) in [6.45, 7) is 2.82. The van der Waals surface area contributed by atoms with E-state index in [4.69, 9.17) is 14.7 Å². The topological polar surface area (TPSA) is 91.3 Å². The summed E-state index contributed by atoms with van der Waals surface area (Å²) in [5.41, 5.74) is -1.74. The van der Waals surface area contributed by atoms with Crippen LogP contribution in [0.25, 0.3) is 5.69 Å². The zero-order valence-corrected chi connectivity index (χ0v) is 17.5. The van der Waals surface area contributed by atoms with Crippen LogP contribution in [0.15, 0.2) is 16.9 Å². The van der Waals surface area contributed by atoms with Gasteiger partial charge in [0.2, 0.25) is 0 Å². The Kier molecular flexibility index (Phi) is 7.20. The second kappa shape index (κ2) is 9.70. The molecular formula is C20H22F4N4O4. The summed E-state index contributed by atoms with van der Waals surface area (Å²) in [6, 6.07) is 3.00. The Balaban J connectivity index is 1.97. The second-order valence-corrected chi connectivity index (χ2v) is 7.26. The summed E-state index contributed by atoms with van der Waals surface area (Å²) in [7, 11) is 0. The molecule has 2 unspecified atom stereocenters. The van der Waals surface area contributed by atoms with Crippen molar-refractivity contribution in [3.8, 4) is 17.5 Å². The van der Waals surface area contributed by atoms with Gasteiger partial charge in [0.15, 0.2) is 17.9 Å². The van der Waals surface area contributed by atoms with Gasteiger partial charge in [-0.3, -0.25) is 4.57 Å². The van der Waals surface area contributed by atoms with E-state index in [1.54, 1.807) is 13.0 Å². The summed E-state index contributed by atoms with van der Waals surface area (Å²) in [5.74, 6) is -4.95. The highest BCUT2D eigenvalue weighted by molar-refractivity contribution is 5.51. The molecular weight excluding hydrogens is 436 g/mol. The van der Waals surface area contributed by atoms with Crippen molar-refractivity contribution < 1.29 is 31.8 Å². The van der Waals surface area contributed by atoms with Crippen molar-refractivity contribution in [2.24, 2.45) is 0 Å². The van der Waals surface area contributed by atoms with Gasteiger partial charge in [-0.05, 0) is 32.3 Å². The Morgan fingerprint density at radius 1 is 1.41 bits per heavy atom. The molecule has 0 aliphatic carbocycles. The second-order valence-electron chi connectivity index (χ2n) is 7.26. The van der Waals surface area contributed by atoms with Crippen molar-refractivity contribution in [2.75, 3.05) is 6.61 Å². The number of nitrogens with zero attached hydrogens (tertiary/aromatic N) is 4. The third kappa shape index (κ3) is 4.94. The van der Waals surface area contributed by atoms with Crippen molar-refractivity contribution in [3.05, 3.63) is 39.8 Å². The quantitative estimate of drug-likeness (QED) is 0.563. The third-order valence-corrected chi connectivity index (χ3v) is 4.89. The number of rotatable bonds is 8. The Labute approximate surface area is 180 Å². The van der Waals surface area contributed by atoms with Gasteiger partial charge in [0.25, 0.3) is 0 Å². The van der Waals surface area contributed by atoms with Crippen LogP contribution in [-0.4, -0.2) is 39.5 Å². The van der Waals surface area contributed by atoms with Gasteiger partial charge < -0.3 is 14.2 Å². The van der Waals surface area contributed by atoms with Crippen LogP contribution in [0.1, 0.15) is 44.5 Å². The van der Waals surface area contributed by atoms with E-state index in [2.05, 4.69) is 9.84 Å². The first-order chi connectivity index (χ1) is 15.2. The fraction of sp³-hybridized carbons (Fsp3) is 0.550. The molecule has 0 spiro atoms. The number of aromatic nitrogens is 3. The normalized spacial score (nSPS) is 18.4. The predicted molar refractivity (Wildman–Crippen MR) is 103 cm³/mol. The number of nitriles is 1. The molecule has 0 N–H and O–H groups in total. The maximum atomic E-state index is 14.7. The summed E-state index contributed by atoms with van der Waals surface area (Å²) in [5, 5.41) is 13.2. The number of benzene rings is 1. The minimum absolute atomic E-state index is 0.0874. The standard InChI is InChI=1S/C20H22F4N4O4/c1-3-27-16(11-31-17-6-4-5-7-30-17)26-28(19(27)29)14-9-15(12(10-25)8-13(14)21)32-20(2,24)18(22)23/h8-9,17-18H,3-7,11H2,1-2H3. The van der Waals surface area contributed by atoms with E-state index in [0.717, 1.165) is 18.9 Å². The van der Waals surface area contributed by atoms with Gasteiger partial charge in [0.05, 0.1) is 5.56 Å². The van der Waals surface area contributed by atoms with Crippen molar-refractivity contribution in [3.63, 3.8) is 0 Å². The fourth-order valence-corrected chi connectivity index (χ4v) is 3.16. The first-order valence-corrected chi connectivity index (χ1v) is 10.00. The Hall–Kier alpha value is -2.91. The minimum Gasteiger partial charge on any atom is -0.451 e. The van der Waals surface area contributed by atoms with Crippen LogP contribution in [-0.2, 0) is 22.6 Å². The van der Waals surface area contributed by atoms with Gasteiger partial charge in [0, 0.05) is 26.1 Å². The van der Waals surface area contributed by atoms with E-state index in [1.165, 1.54) is 4.57 Å². The summed E-state index contributed by atoms with van der Waals surface area (Å²) >= 11 is 0. The average molecular weight is 458 g/mol. The van der Waals surface area contributed by atoms with Gasteiger partial charge >= 0.3 is 18.0 Å². The lowest BCUT2D eigenvalue weighted by Gasteiger charge is -2.22. The molecule has 0 saturated carbocycles. The first-order valence-electron chi connectivity index (χ1n) is 10.00. The highest BCUT2D eigenvalue weighted by Crippen LogP contribution is 2.31. The lowest BCUT2D eigenvalue weighted by molar-refractivity contribution is -0.170. The Bertz CT molecular complexity index is 1060. The molecule has 174 valence electrons. The molecule has 1 aromatic heterocycles. The van der Waals surface area contributed by atoms with Gasteiger partial charge in [-0.25, -0.2) is 18.0 Å². The van der Waals surface area contributed by atoms with Gasteiger partial charge in [-0.2, -0.15) is 14.3 Å². The van der Waals surface area contributed by atoms with Gasteiger partial charge in [0.1, 0.15) is 24.1 Å². The number of hydrogen-bond donors (Lipinski definition) is 0. The van der Waals surface area contributed by atoms with E-state index < -0.39 is 47.1 Å². The molecule has 8 nitrogen and oxygen atoms in total. The molecule has 3 rings (SSSR count). The van der Waals surface area contributed by atoms with Gasteiger partial charge in [-0.15, -0.1) is 5.10 Å². The van der Waals surface area contributed by atoms with Crippen molar-refractivity contribution >= 4 is 0 Å².